The van der Waals surface area contributed by atoms with Gasteiger partial charge in [-0.2, -0.15) is 13.2 Å². The lowest BCUT2D eigenvalue weighted by atomic mass is 9.76. The Balaban J connectivity index is 0.00000145. The number of carbonyl (C=O) groups is 2. The molecule has 1 fully saturated rings. The van der Waals surface area contributed by atoms with Crippen molar-refractivity contribution in [2.24, 2.45) is 16.8 Å². The summed E-state index contributed by atoms with van der Waals surface area (Å²) in [4.78, 5) is 31.7. The molecule has 4 rings (SSSR count). The van der Waals surface area contributed by atoms with Crippen molar-refractivity contribution < 1.29 is 32.6 Å². The van der Waals surface area contributed by atoms with Crippen LogP contribution in [-0.4, -0.2) is 46.9 Å². The quantitative estimate of drug-likeness (QED) is 0.335. The lowest BCUT2D eigenvalue weighted by molar-refractivity contribution is -0.137. The lowest BCUT2D eigenvalue weighted by Crippen LogP contribution is -2.50. The van der Waals surface area contributed by atoms with Crippen LogP contribution in [0.5, 0.6) is 0 Å². The highest BCUT2D eigenvalue weighted by Gasteiger charge is 2.50. The van der Waals surface area contributed by atoms with Crippen LogP contribution < -0.4 is 0 Å². The molecule has 0 bridgehead atoms. The number of hydrogen-bond donors (Lipinski definition) is 1. The van der Waals surface area contributed by atoms with E-state index in [0.29, 0.717) is 35.8 Å². The van der Waals surface area contributed by atoms with Gasteiger partial charge < -0.3 is 14.7 Å². The first-order valence-electron chi connectivity index (χ1n) is 15.4. The number of benzene rings is 2. The Bertz CT molecular complexity index is 1180. The maximum Gasteiger partial charge on any atom is 0.416 e. The smallest absolute Gasteiger partial charge is 0.416 e. The Morgan fingerprint density at radius 3 is 2.07 bits per heavy atom. The van der Waals surface area contributed by atoms with E-state index in [1.165, 1.54) is 36.3 Å². The van der Waals surface area contributed by atoms with Gasteiger partial charge >= 0.3 is 12.1 Å². The second kappa shape index (κ2) is 17.2. The molecule has 1 saturated carbocycles. The molecule has 1 unspecified atom stereocenters. The number of nitrogens with zero attached hydrogens (tertiary/aromatic N) is 2. The molecule has 1 spiro atoms. The molecular formula is C34H49F3N2O4. The normalized spacial score (nSPS) is 20.1. The molecule has 1 atom stereocenters. The van der Waals surface area contributed by atoms with Gasteiger partial charge in [0.2, 0.25) is 0 Å². The molecule has 0 saturated heterocycles. The number of β-amino-alcohol motifs (C(OH)–C–C–N with tert-alkyl or cyclic N) is 1. The molecule has 2 aliphatic rings. The molecule has 1 N–H and O–H groups in total. The Hall–Kier alpha value is -3.20. The van der Waals surface area contributed by atoms with Gasteiger partial charge in [-0.3, -0.25) is 9.79 Å². The van der Waals surface area contributed by atoms with E-state index in [1.807, 2.05) is 41.5 Å². The maximum absolute atomic E-state index is 13.6. The summed E-state index contributed by atoms with van der Waals surface area (Å²) < 4.78 is 44.8. The first-order chi connectivity index (χ1) is 20.4. The number of aliphatic hydroxyl groups is 1. The van der Waals surface area contributed by atoms with E-state index in [4.69, 9.17) is 9.73 Å². The van der Waals surface area contributed by atoms with Crippen molar-refractivity contribution in [1.82, 2.24) is 4.90 Å². The highest BCUT2D eigenvalue weighted by molar-refractivity contribution is 6.46. The van der Waals surface area contributed by atoms with E-state index in [1.54, 1.807) is 12.1 Å². The Morgan fingerprint density at radius 1 is 1.02 bits per heavy atom. The number of aliphatic hydroxyl groups excluding tert-OH is 1. The van der Waals surface area contributed by atoms with Gasteiger partial charge in [-0.15, -0.1) is 0 Å². The summed E-state index contributed by atoms with van der Waals surface area (Å²) in [6.07, 6.45) is -2.84. The Labute approximate surface area is 255 Å². The van der Waals surface area contributed by atoms with Gasteiger partial charge in [-0.25, -0.2) is 4.79 Å². The van der Waals surface area contributed by atoms with Crippen molar-refractivity contribution in [3.8, 4) is 0 Å². The highest BCUT2D eigenvalue weighted by atomic mass is 19.4. The second-order valence-electron chi connectivity index (χ2n) is 10.1. The van der Waals surface area contributed by atoms with Gasteiger partial charge in [0.25, 0.3) is 5.91 Å². The molecule has 1 amide bonds. The van der Waals surface area contributed by atoms with Crippen LogP contribution >= 0.6 is 0 Å². The molecule has 1 aliphatic carbocycles. The number of esters is 1. The van der Waals surface area contributed by atoms with Crippen LogP contribution in [0.4, 0.5) is 13.2 Å². The zero-order valence-corrected chi connectivity index (χ0v) is 27.1. The molecule has 1 heterocycles. The van der Waals surface area contributed by atoms with Crippen molar-refractivity contribution in [2.75, 3.05) is 13.7 Å². The number of alkyl halides is 3. The molecule has 43 heavy (non-hydrogen) atoms. The number of ether oxygens (including phenoxy) is 1. The third-order valence-electron chi connectivity index (χ3n) is 7.58. The predicted molar refractivity (Wildman–Crippen MR) is 166 cm³/mol. The summed E-state index contributed by atoms with van der Waals surface area (Å²) in [5, 5.41) is 11.0. The van der Waals surface area contributed by atoms with Gasteiger partial charge in [0.1, 0.15) is 11.4 Å². The first-order valence-corrected chi connectivity index (χ1v) is 15.4. The van der Waals surface area contributed by atoms with Gasteiger partial charge in [0.15, 0.2) is 0 Å². The molecule has 9 heteroatoms. The minimum atomic E-state index is -4.54. The molecule has 2 aromatic carbocycles. The van der Waals surface area contributed by atoms with E-state index < -0.39 is 35.4 Å². The van der Waals surface area contributed by atoms with Crippen molar-refractivity contribution in [2.45, 2.75) is 99.0 Å². The lowest BCUT2D eigenvalue weighted by Gasteiger charge is -2.43. The molecule has 0 radical (unpaired) electrons. The van der Waals surface area contributed by atoms with Crippen molar-refractivity contribution in [1.29, 1.82) is 0 Å². The highest BCUT2D eigenvalue weighted by Crippen LogP contribution is 2.44. The summed E-state index contributed by atoms with van der Waals surface area (Å²) in [7, 11) is 1.28. The average molecular weight is 607 g/mol. The minimum absolute atomic E-state index is 0.0117. The zero-order chi connectivity index (χ0) is 33.0. The molecule has 1 aliphatic heterocycles. The van der Waals surface area contributed by atoms with E-state index in [2.05, 4.69) is 13.8 Å². The predicted octanol–water partition coefficient (Wildman–Crippen LogP) is 8.48. The molecule has 6 nitrogen and oxygen atoms in total. The SMILES string of the molecule is CC.CC.CC.COC(=O)c1ccc(C(O)CN2C(=O)C(c3cccc(C(F)(F)F)c3)=NC23CCC(C(C)C)CC3)cc1. The topological polar surface area (TPSA) is 79.2 Å². The van der Waals surface area contributed by atoms with Crippen LogP contribution in [0.3, 0.4) is 0 Å². The maximum atomic E-state index is 13.6. The fraction of sp³-hybridized carbons (Fsp3) is 0.559. The summed E-state index contributed by atoms with van der Waals surface area (Å²) in [6.45, 7) is 16.2. The summed E-state index contributed by atoms with van der Waals surface area (Å²) in [5.74, 6) is -0.0665. The first kappa shape index (κ1) is 37.8. The summed E-state index contributed by atoms with van der Waals surface area (Å²) in [5.41, 5.74) is -0.832. The largest absolute Gasteiger partial charge is 0.465 e. The Kier molecular flexibility index (Phi) is 15.1. The van der Waals surface area contributed by atoms with Crippen LogP contribution in [0, 0.1) is 11.8 Å². The summed E-state index contributed by atoms with van der Waals surface area (Å²) >= 11 is 0. The third kappa shape index (κ3) is 9.15. The monoisotopic (exact) mass is 606 g/mol. The van der Waals surface area contributed by atoms with Crippen LogP contribution in [0.15, 0.2) is 53.5 Å². The van der Waals surface area contributed by atoms with Crippen molar-refractivity contribution in [3.05, 3.63) is 70.8 Å². The molecule has 240 valence electrons. The van der Waals surface area contributed by atoms with Gasteiger partial charge in [0.05, 0.1) is 30.9 Å². The van der Waals surface area contributed by atoms with E-state index >= 15 is 0 Å². The van der Waals surface area contributed by atoms with E-state index in [0.717, 1.165) is 25.0 Å². The van der Waals surface area contributed by atoms with Crippen LogP contribution in [-0.2, 0) is 15.7 Å². The van der Waals surface area contributed by atoms with Crippen LogP contribution in [0.1, 0.15) is 114 Å². The van der Waals surface area contributed by atoms with Crippen molar-refractivity contribution >= 4 is 17.6 Å². The molecule has 2 aromatic rings. The standard InChI is InChI=1S/C28H31F3N2O4.3C2H6/c1-17(2)18-11-13-27(14-12-18)32-24(21-5-4-6-22(15-21)28(29,30)31)25(35)33(27)16-23(34)19-7-9-20(10-8-19)26(36)37-3;3*1-2/h4-10,15,17-18,23,34H,11-14,16H2,1-3H3;3*1-2H3. The molecular weight excluding hydrogens is 557 g/mol. The fourth-order valence-electron chi connectivity index (χ4n) is 5.31. The van der Waals surface area contributed by atoms with Gasteiger partial charge in [0, 0.05) is 5.56 Å². The fourth-order valence-corrected chi connectivity index (χ4v) is 5.31. The van der Waals surface area contributed by atoms with E-state index in [-0.39, 0.29) is 17.8 Å². The number of carbonyl (C=O) groups excluding carboxylic acids is 2. The number of hydrogen-bond acceptors (Lipinski definition) is 5. The van der Waals surface area contributed by atoms with Gasteiger partial charge in [-0.05, 0) is 67.3 Å². The number of aliphatic imine (C=N–C) groups is 1. The number of methoxy groups -OCH3 is 1. The number of halogens is 3. The third-order valence-corrected chi connectivity index (χ3v) is 7.58. The number of rotatable bonds is 6. The van der Waals surface area contributed by atoms with Crippen LogP contribution in [0.2, 0.25) is 0 Å². The minimum Gasteiger partial charge on any atom is -0.465 e. The zero-order valence-electron chi connectivity index (χ0n) is 27.1. The summed E-state index contributed by atoms with van der Waals surface area (Å²) in [6, 6.07) is 10.9. The average Bonchev–Trinajstić information content (AvgIpc) is 3.29. The number of amides is 1. The second-order valence-corrected chi connectivity index (χ2v) is 10.1. The van der Waals surface area contributed by atoms with Crippen LogP contribution in [0.25, 0.3) is 0 Å². The molecule has 0 aromatic heterocycles. The Morgan fingerprint density at radius 2 is 1.58 bits per heavy atom. The van der Waals surface area contributed by atoms with E-state index in [9.17, 15) is 27.9 Å². The van der Waals surface area contributed by atoms with Gasteiger partial charge in [-0.1, -0.05) is 79.7 Å². The van der Waals surface area contributed by atoms with Crippen molar-refractivity contribution in [3.63, 3.8) is 0 Å².